The molecule has 1 nitrogen and oxygen atoms in total. The molecule has 0 unspecified atom stereocenters. The minimum absolute atomic E-state index is 0.00113. The normalized spacial score (nSPS) is 10.8. The number of aromatic nitrogens is 1. The molecule has 1 rings (SSSR count). The Hall–Kier alpha value is -0.160. The molecule has 0 aliphatic heterocycles. The fourth-order valence-corrected chi connectivity index (χ4v) is 1.74. The van der Waals surface area contributed by atoms with Gasteiger partial charge in [0.1, 0.15) is 4.60 Å². The van der Waals surface area contributed by atoms with E-state index >= 15 is 0 Å². The molecule has 5 heteroatoms. The second-order valence-electron chi connectivity index (χ2n) is 2.07. The minimum atomic E-state index is -2.44. The molecule has 0 aliphatic rings. The Morgan fingerprint density at radius 2 is 2.17 bits per heavy atom. The van der Waals surface area contributed by atoms with Gasteiger partial charge in [-0.15, -0.1) is 11.8 Å². The van der Waals surface area contributed by atoms with Crippen molar-refractivity contribution < 1.29 is 8.78 Å². The fraction of sp³-hybridized carbons (Fsp3) is 0.286. The predicted octanol–water partition coefficient (Wildman–Crippen LogP) is 3.50. The molecule has 0 amide bonds. The van der Waals surface area contributed by atoms with E-state index in [9.17, 15) is 8.78 Å². The number of hydrogen-bond acceptors (Lipinski definition) is 2. The largest absolute Gasteiger partial charge is 0.264 e. The number of pyridine rings is 1. The zero-order chi connectivity index (χ0) is 9.14. The molecule has 12 heavy (non-hydrogen) atoms. The molecular formula is C7H6BrF2NS. The summed E-state index contributed by atoms with van der Waals surface area (Å²) in [5, 5.41) is 0.597. The summed E-state index contributed by atoms with van der Waals surface area (Å²) in [4.78, 5) is 3.98. The summed E-state index contributed by atoms with van der Waals surface area (Å²) in [5.74, 6) is 0. The molecule has 0 N–H and O–H groups in total. The Morgan fingerprint density at radius 1 is 1.50 bits per heavy atom. The highest BCUT2D eigenvalue weighted by Gasteiger charge is 2.09. The van der Waals surface area contributed by atoms with Crippen LogP contribution in [0.2, 0.25) is 0 Å². The van der Waals surface area contributed by atoms with Crippen molar-refractivity contribution in [3.63, 3.8) is 0 Å². The maximum atomic E-state index is 12.2. The van der Waals surface area contributed by atoms with Crippen LogP contribution in [0.5, 0.6) is 0 Å². The molecule has 0 atom stereocenters. The molecule has 0 aromatic carbocycles. The maximum Gasteiger partial charge on any atom is 0.264 e. The van der Waals surface area contributed by atoms with Gasteiger partial charge in [0.15, 0.2) is 0 Å². The van der Waals surface area contributed by atoms with E-state index in [-0.39, 0.29) is 5.56 Å². The van der Waals surface area contributed by atoms with Crippen LogP contribution in [0.3, 0.4) is 0 Å². The third-order valence-corrected chi connectivity index (χ3v) is 2.29. The van der Waals surface area contributed by atoms with Crippen LogP contribution in [0.4, 0.5) is 8.78 Å². The second kappa shape index (κ2) is 4.18. The van der Waals surface area contributed by atoms with E-state index in [1.807, 2.05) is 0 Å². The van der Waals surface area contributed by atoms with Gasteiger partial charge in [0, 0.05) is 5.56 Å². The van der Waals surface area contributed by atoms with Crippen LogP contribution in [-0.4, -0.2) is 11.2 Å². The molecule has 0 spiro atoms. The van der Waals surface area contributed by atoms with Gasteiger partial charge in [-0.25, -0.2) is 13.8 Å². The lowest BCUT2D eigenvalue weighted by molar-refractivity contribution is 0.151. The first-order valence-electron chi connectivity index (χ1n) is 3.13. The highest BCUT2D eigenvalue weighted by atomic mass is 79.9. The van der Waals surface area contributed by atoms with Crippen LogP contribution >= 0.6 is 27.7 Å². The summed E-state index contributed by atoms with van der Waals surface area (Å²) in [6.07, 6.45) is -0.639. The quantitative estimate of drug-likeness (QED) is 0.591. The molecule has 0 bridgehead atoms. The van der Waals surface area contributed by atoms with E-state index in [4.69, 9.17) is 0 Å². The van der Waals surface area contributed by atoms with Gasteiger partial charge in [0.25, 0.3) is 6.43 Å². The van der Waals surface area contributed by atoms with Gasteiger partial charge in [0.2, 0.25) is 0 Å². The van der Waals surface area contributed by atoms with Crippen LogP contribution in [0.25, 0.3) is 0 Å². The zero-order valence-corrected chi connectivity index (χ0v) is 8.62. The molecule has 0 saturated heterocycles. The third kappa shape index (κ3) is 2.42. The van der Waals surface area contributed by atoms with Gasteiger partial charge < -0.3 is 0 Å². The molecule has 1 heterocycles. The maximum absolute atomic E-state index is 12.2. The van der Waals surface area contributed by atoms with Gasteiger partial charge in [-0.05, 0) is 34.3 Å². The van der Waals surface area contributed by atoms with Crippen molar-refractivity contribution in [2.45, 2.75) is 11.5 Å². The van der Waals surface area contributed by atoms with Crippen molar-refractivity contribution in [1.82, 2.24) is 4.98 Å². The van der Waals surface area contributed by atoms with Crippen LogP contribution in [0.1, 0.15) is 12.0 Å². The lowest BCUT2D eigenvalue weighted by atomic mass is 10.3. The van der Waals surface area contributed by atoms with Crippen molar-refractivity contribution in [1.29, 1.82) is 0 Å². The van der Waals surface area contributed by atoms with Crippen molar-refractivity contribution >= 4 is 27.7 Å². The number of alkyl halides is 2. The molecule has 1 aromatic heterocycles. The number of nitrogens with zero attached hydrogens (tertiary/aromatic N) is 1. The Labute approximate surface area is 81.7 Å². The molecule has 66 valence electrons. The zero-order valence-electron chi connectivity index (χ0n) is 6.22. The number of halogens is 3. The SMILES string of the molecule is CSc1cc(C(F)F)cc(Br)n1. The van der Waals surface area contributed by atoms with Crippen LogP contribution < -0.4 is 0 Å². The summed E-state index contributed by atoms with van der Waals surface area (Å²) in [5.41, 5.74) is 0.00113. The van der Waals surface area contributed by atoms with E-state index in [2.05, 4.69) is 20.9 Å². The van der Waals surface area contributed by atoms with Crippen LogP contribution in [0.15, 0.2) is 21.8 Å². The van der Waals surface area contributed by atoms with Crippen molar-refractivity contribution in [2.24, 2.45) is 0 Å². The molecular weight excluding hydrogens is 248 g/mol. The van der Waals surface area contributed by atoms with Crippen LogP contribution in [-0.2, 0) is 0 Å². The highest BCUT2D eigenvalue weighted by Crippen LogP contribution is 2.25. The van der Waals surface area contributed by atoms with Crippen LogP contribution in [0, 0.1) is 0 Å². The monoisotopic (exact) mass is 253 g/mol. The Morgan fingerprint density at radius 3 is 2.67 bits per heavy atom. The lowest BCUT2D eigenvalue weighted by Gasteiger charge is -2.02. The number of hydrogen-bond donors (Lipinski definition) is 0. The summed E-state index contributed by atoms with van der Waals surface area (Å²) in [6, 6.07) is 2.71. The van der Waals surface area contributed by atoms with E-state index in [1.54, 1.807) is 6.26 Å². The number of thioether (sulfide) groups is 1. The van der Waals surface area contributed by atoms with Crippen molar-refractivity contribution in [3.8, 4) is 0 Å². The smallest absolute Gasteiger partial charge is 0.235 e. The average Bonchev–Trinajstić information content (AvgIpc) is 2.03. The van der Waals surface area contributed by atoms with E-state index in [0.29, 0.717) is 9.63 Å². The van der Waals surface area contributed by atoms with E-state index < -0.39 is 6.43 Å². The fourth-order valence-electron chi connectivity index (χ4n) is 0.722. The first-order chi connectivity index (χ1) is 5.63. The van der Waals surface area contributed by atoms with E-state index in [0.717, 1.165) is 0 Å². The summed E-state index contributed by atoms with van der Waals surface area (Å²) in [7, 11) is 0. The summed E-state index contributed by atoms with van der Waals surface area (Å²) in [6.45, 7) is 0. The lowest BCUT2D eigenvalue weighted by Crippen LogP contribution is -1.88. The van der Waals surface area contributed by atoms with Gasteiger partial charge in [-0.3, -0.25) is 0 Å². The second-order valence-corrected chi connectivity index (χ2v) is 3.71. The summed E-state index contributed by atoms with van der Waals surface area (Å²) < 4.78 is 24.9. The summed E-state index contributed by atoms with van der Waals surface area (Å²) >= 11 is 4.40. The van der Waals surface area contributed by atoms with E-state index in [1.165, 1.54) is 23.9 Å². The van der Waals surface area contributed by atoms with Gasteiger partial charge in [0.05, 0.1) is 5.03 Å². The standard InChI is InChI=1S/C7H6BrF2NS/c1-12-6-3-4(7(9)10)2-5(8)11-6/h2-3,7H,1H3. The molecule has 0 radical (unpaired) electrons. The highest BCUT2D eigenvalue weighted by molar-refractivity contribution is 9.10. The molecule has 0 saturated carbocycles. The Kier molecular flexibility index (Phi) is 3.46. The average molecular weight is 254 g/mol. The number of rotatable bonds is 2. The van der Waals surface area contributed by atoms with Gasteiger partial charge >= 0.3 is 0 Å². The molecule has 0 fully saturated rings. The topological polar surface area (TPSA) is 12.9 Å². The first-order valence-corrected chi connectivity index (χ1v) is 5.15. The van der Waals surface area contributed by atoms with Gasteiger partial charge in [-0.2, -0.15) is 0 Å². The molecule has 0 aliphatic carbocycles. The Bertz CT molecular complexity index is 280. The predicted molar refractivity (Wildman–Crippen MR) is 48.7 cm³/mol. The molecule has 1 aromatic rings. The minimum Gasteiger partial charge on any atom is -0.235 e. The van der Waals surface area contributed by atoms with Crippen molar-refractivity contribution in [3.05, 3.63) is 22.3 Å². The van der Waals surface area contributed by atoms with Crippen molar-refractivity contribution in [2.75, 3.05) is 6.26 Å². The van der Waals surface area contributed by atoms with Gasteiger partial charge in [-0.1, -0.05) is 0 Å². The Balaban J connectivity index is 3.06. The first kappa shape index (κ1) is 9.92. The third-order valence-electron chi connectivity index (χ3n) is 1.25.